The van der Waals surface area contributed by atoms with E-state index in [-0.39, 0.29) is 0 Å². The van der Waals surface area contributed by atoms with Gasteiger partial charge < -0.3 is 19.1 Å². The van der Waals surface area contributed by atoms with Crippen LogP contribution in [0.4, 0.5) is 0 Å². The molecule has 0 aliphatic carbocycles. The molecule has 1 N–H and O–H groups in total. The maximum absolute atomic E-state index is 12.0. The van der Waals surface area contributed by atoms with E-state index in [4.69, 9.17) is 9.47 Å². The summed E-state index contributed by atoms with van der Waals surface area (Å²) < 4.78 is 12.6. The second-order valence-corrected chi connectivity index (χ2v) is 6.62. The molecule has 1 aliphatic rings. The third-order valence-electron chi connectivity index (χ3n) is 5.03. The van der Waals surface area contributed by atoms with Gasteiger partial charge in [0.1, 0.15) is 23.4 Å². The summed E-state index contributed by atoms with van der Waals surface area (Å²) in [4.78, 5) is 20.7. The molecule has 8 heteroatoms. The van der Waals surface area contributed by atoms with E-state index < -0.39 is 12.0 Å². The van der Waals surface area contributed by atoms with Crippen LogP contribution in [0.1, 0.15) is 17.4 Å². The van der Waals surface area contributed by atoms with Gasteiger partial charge in [-0.05, 0) is 12.1 Å². The number of nitrogens with zero attached hydrogens (tertiary/aromatic N) is 4. The van der Waals surface area contributed by atoms with Gasteiger partial charge in [-0.1, -0.05) is 0 Å². The van der Waals surface area contributed by atoms with Crippen LogP contribution in [-0.4, -0.2) is 70.8 Å². The van der Waals surface area contributed by atoms with Gasteiger partial charge in [-0.2, -0.15) is 0 Å². The zero-order valence-electron chi connectivity index (χ0n) is 16.0. The van der Waals surface area contributed by atoms with E-state index in [1.807, 2.05) is 22.7 Å². The highest BCUT2D eigenvalue weighted by Gasteiger charge is 2.32. The third kappa shape index (κ3) is 4.23. The summed E-state index contributed by atoms with van der Waals surface area (Å²) in [5.41, 5.74) is 0.642. The summed E-state index contributed by atoms with van der Waals surface area (Å²) in [5.74, 6) is 1.29. The number of aromatic nitrogens is 2. The van der Waals surface area contributed by atoms with E-state index in [1.165, 1.54) is 0 Å². The molecule has 1 saturated heterocycles. The molecular weight excluding hydrogens is 348 g/mol. The Kier molecular flexibility index (Phi) is 5.98. The molecule has 1 aliphatic heterocycles. The Balaban J connectivity index is 1.72. The maximum atomic E-state index is 12.0. The first-order valence-electron chi connectivity index (χ1n) is 8.90. The Morgan fingerprint density at radius 3 is 2.52 bits per heavy atom. The first kappa shape index (κ1) is 19.2. The van der Waals surface area contributed by atoms with Crippen molar-refractivity contribution in [1.82, 2.24) is 19.4 Å². The molecule has 1 fully saturated rings. The number of imidazole rings is 1. The Morgan fingerprint density at radius 2 is 1.96 bits per heavy atom. The number of rotatable bonds is 7. The van der Waals surface area contributed by atoms with Gasteiger partial charge in [-0.15, -0.1) is 0 Å². The van der Waals surface area contributed by atoms with Crippen molar-refractivity contribution >= 4 is 5.97 Å². The molecular formula is C19H26N4O4. The fourth-order valence-corrected chi connectivity index (χ4v) is 3.46. The van der Waals surface area contributed by atoms with Crippen LogP contribution in [0.5, 0.6) is 11.5 Å². The summed E-state index contributed by atoms with van der Waals surface area (Å²) in [6.07, 6.45) is 3.73. The minimum Gasteiger partial charge on any atom is -0.497 e. The van der Waals surface area contributed by atoms with Crippen LogP contribution < -0.4 is 9.47 Å². The fraction of sp³-hybridized carbons (Fsp3) is 0.474. The zero-order chi connectivity index (χ0) is 19.4. The fourth-order valence-electron chi connectivity index (χ4n) is 3.46. The SMILES string of the molecule is COc1ccc([C@@H](C(=O)O)N2CCN(Cc3nccn3C)CC2)c(OC)c1. The third-order valence-corrected chi connectivity index (χ3v) is 5.03. The van der Waals surface area contributed by atoms with Crippen molar-refractivity contribution in [1.29, 1.82) is 0 Å². The molecule has 8 nitrogen and oxygen atoms in total. The van der Waals surface area contributed by atoms with Crippen molar-refractivity contribution in [2.75, 3.05) is 40.4 Å². The van der Waals surface area contributed by atoms with Crippen molar-refractivity contribution in [3.05, 3.63) is 42.0 Å². The number of piperazine rings is 1. The number of benzene rings is 1. The lowest BCUT2D eigenvalue weighted by Crippen LogP contribution is -2.49. The van der Waals surface area contributed by atoms with Gasteiger partial charge in [0.05, 0.1) is 20.8 Å². The van der Waals surface area contributed by atoms with E-state index in [0.29, 0.717) is 30.2 Å². The quantitative estimate of drug-likeness (QED) is 0.784. The van der Waals surface area contributed by atoms with Gasteiger partial charge >= 0.3 is 5.97 Å². The van der Waals surface area contributed by atoms with Gasteiger partial charge in [0.15, 0.2) is 0 Å². The van der Waals surface area contributed by atoms with Crippen molar-refractivity contribution < 1.29 is 19.4 Å². The number of hydrogen-bond donors (Lipinski definition) is 1. The molecule has 3 rings (SSSR count). The lowest BCUT2D eigenvalue weighted by Gasteiger charge is -2.38. The summed E-state index contributed by atoms with van der Waals surface area (Å²) in [6.45, 7) is 3.66. The highest BCUT2D eigenvalue weighted by Crippen LogP contribution is 2.33. The molecule has 0 unspecified atom stereocenters. The van der Waals surface area contributed by atoms with Crippen LogP contribution in [-0.2, 0) is 18.4 Å². The second-order valence-electron chi connectivity index (χ2n) is 6.62. The predicted octanol–water partition coefficient (Wildman–Crippen LogP) is 1.38. The van der Waals surface area contributed by atoms with Gasteiger partial charge in [-0.25, -0.2) is 4.98 Å². The number of carboxylic acids is 1. The van der Waals surface area contributed by atoms with E-state index >= 15 is 0 Å². The smallest absolute Gasteiger partial charge is 0.325 e. The number of aliphatic carboxylic acids is 1. The van der Waals surface area contributed by atoms with Gasteiger partial charge in [0, 0.05) is 57.3 Å². The molecule has 1 aromatic carbocycles. The number of carbonyl (C=O) groups is 1. The topological polar surface area (TPSA) is 80.1 Å². The molecule has 0 radical (unpaired) electrons. The number of methoxy groups -OCH3 is 2. The van der Waals surface area contributed by atoms with Crippen molar-refractivity contribution in [3.63, 3.8) is 0 Å². The molecule has 0 saturated carbocycles. The van der Waals surface area contributed by atoms with E-state index in [0.717, 1.165) is 25.5 Å². The molecule has 1 atom stereocenters. The average molecular weight is 374 g/mol. The Labute approximate surface area is 158 Å². The number of aryl methyl sites for hydroxylation is 1. The lowest BCUT2D eigenvalue weighted by atomic mass is 10.0. The van der Waals surface area contributed by atoms with Crippen LogP contribution in [0.25, 0.3) is 0 Å². The Hall–Kier alpha value is -2.58. The predicted molar refractivity (Wildman–Crippen MR) is 100.0 cm³/mol. The van der Waals surface area contributed by atoms with Crippen molar-refractivity contribution in [2.45, 2.75) is 12.6 Å². The number of carboxylic acid groups (broad SMARTS) is 1. The van der Waals surface area contributed by atoms with E-state index in [2.05, 4.69) is 9.88 Å². The lowest BCUT2D eigenvalue weighted by molar-refractivity contribution is -0.144. The number of hydrogen-bond acceptors (Lipinski definition) is 6. The summed E-state index contributed by atoms with van der Waals surface area (Å²) >= 11 is 0. The zero-order valence-corrected chi connectivity index (χ0v) is 16.0. The molecule has 0 bridgehead atoms. The highest BCUT2D eigenvalue weighted by molar-refractivity contribution is 5.77. The monoisotopic (exact) mass is 374 g/mol. The Bertz CT molecular complexity index is 784. The minimum absolute atomic E-state index is 0.525. The van der Waals surface area contributed by atoms with Crippen LogP contribution in [0, 0.1) is 0 Å². The molecule has 0 spiro atoms. The van der Waals surface area contributed by atoms with Crippen LogP contribution in [0.2, 0.25) is 0 Å². The molecule has 27 heavy (non-hydrogen) atoms. The average Bonchev–Trinajstić information content (AvgIpc) is 3.08. The minimum atomic E-state index is -0.879. The molecule has 2 heterocycles. The van der Waals surface area contributed by atoms with E-state index in [1.54, 1.807) is 38.6 Å². The van der Waals surface area contributed by atoms with Gasteiger partial charge in [0.2, 0.25) is 0 Å². The van der Waals surface area contributed by atoms with E-state index in [9.17, 15) is 9.90 Å². The first-order chi connectivity index (χ1) is 13.0. The van der Waals surface area contributed by atoms with Crippen molar-refractivity contribution in [3.8, 4) is 11.5 Å². The van der Waals surface area contributed by atoms with Gasteiger partial charge in [0.25, 0.3) is 0 Å². The molecule has 2 aromatic rings. The largest absolute Gasteiger partial charge is 0.497 e. The Morgan fingerprint density at radius 1 is 1.22 bits per heavy atom. The van der Waals surface area contributed by atoms with Crippen molar-refractivity contribution in [2.24, 2.45) is 7.05 Å². The van der Waals surface area contributed by atoms with Crippen LogP contribution >= 0.6 is 0 Å². The molecule has 146 valence electrons. The highest BCUT2D eigenvalue weighted by atomic mass is 16.5. The second kappa shape index (κ2) is 8.41. The summed E-state index contributed by atoms with van der Waals surface area (Å²) in [5, 5.41) is 9.88. The standard InChI is InChI=1S/C19H26N4O4/c1-21-7-6-20-17(21)13-22-8-10-23(11-9-22)18(19(24)25)15-5-4-14(26-2)12-16(15)27-3/h4-7,12,18H,8-11,13H2,1-3H3,(H,24,25)/t18-/m0/s1. The summed E-state index contributed by atoms with van der Waals surface area (Å²) in [7, 11) is 5.10. The first-order valence-corrected chi connectivity index (χ1v) is 8.90. The normalized spacial score (nSPS) is 16.9. The molecule has 0 amide bonds. The molecule has 1 aromatic heterocycles. The van der Waals surface area contributed by atoms with Crippen LogP contribution in [0.3, 0.4) is 0 Å². The maximum Gasteiger partial charge on any atom is 0.325 e. The van der Waals surface area contributed by atoms with Crippen LogP contribution in [0.15, 0.2) is 30.6 Å². The summed E-state index contributed by atoms with van der Waals surface area (Å²) in [6, 6.07) is 4.52. The van der Waals surface area contributed by atoms with Gasteiger partial charge in [-0.3, -0.25) is 14.6 Å². The number of ether oxygens (including phenoxy) is 2.